The number of nitrogens with one attached hydrogen (secondary N) is 2. The summed E-state index contributed by atoms with van der Waals surface area (Å²) in [6.45, 7) is 1.23. The molecule has 3 rings (SSSR count). The minimum absolute atomic E-state index is 0. The maximum Gasteiger partial charge on any atom is 0.289 e. The number of anilines is 1. The summed E-state index contributed by atoms with van der Waals surface area (Å²) in [5.41, 5.74) is 1.59. The van der Waals surface area contributed by atoms with Gasteiger partial charge in [0.25, 0.3) is 5.24 Å². The molecule has 6 nitrogen and oxygen atoms in total. The lowest BCUT2D eigenvalue weighted by atomic mass is 10.1. The van der Waals surface area contributed by atoms with Crippen molar-refractivity contribution in [3.63, 3.8) is 0 Å². The molecule has 2 saturated heterocycles. The van der Waals surface area contributed by atoms with E-state index >= 15 is 0 Å². The summed E-state index contributed by atoms with van der Waals surface area (Å²) >= 11 is 2.90. The van der Waals surface area contributed by atoms with E-state index in [0.717, 1.165) is 41.1 Å². The average molecular weight is 402 g/mol. The molecule has 2 N–H and O–H groups in total. The highest BCUT2D eigenvalue weighted by atomic mass is 35.5. The molecule has 3 amide bonds. The Kier molecular flexibility index (Phi) is 7.61. The van der Waals surface area contributed by atoms with Gasteiger partial charge in [0.1, 0.15) is 0 Å². The highest BCUT2D eigenvalue weighted by Crippen LogP contribution is 2.22. The summed E-state index contributed by atoms with van der Waals surface area (Å²) in [7, 11) is 0. The van der Waals surface area contributed by atoms with Gasteiger partial charge in [-0.2, -0.15) is 11.8 Å². The van der Waals surface area contributed by atoms with Crippen LogP contribution in [-0.2, 0) is 16.1 Å². The second-order valence-electron chi connectivity index (χ2n) is 5.71. The molecule has 25 heavy (non-hydrogen) atoms. The molecular formula is C16H20ClN3O3S2. The zero-order chi connectivity index (χ0) is 16.9. The number of amides is 3. The van der Waals surface area contributed by atoms with E-state index in [1.807, 2.05) is 23.9 Å². The van der Waals surface area contributed by atoms with Crippen molar-refractivity contribution in [2.45, 2.75) is 19.0 Å². The van der Waals surface area contributed by atoms with Crippen molar-refractivity contribution in [2.75, 3.05) is 29.1 Å². The first-order valence-corrected chi connectivity index (χ1v) is 9.93. The molecule has 2 fully saturated rings. The van der Waals surface area contributed by atoms with Crippen LogP contribution in [0.25, 0.3) is 0 Å². The highest BCUT2D eigenvalue weighted by Gasteiger charge is 2.29. The van der Waals surface area contributed by atoms with Crippen LogP contribution in [0.2, 0.25) is 0 Å². The van der Waals surface area contributed by atoms with Crippen LogP contribution in [0.1, 0.15) is 12.0 Å². The van der Waals surface area contributed by atoms with Gasteiger partial charge in [0, 0.05) is 36.2 Å². The molecule has 0 radical (unpaired) electrons. The average Bonchev–Trinajstić information content (AvgIpc) is 2.89. The number of hydrogen-bond acceptors (Lipinski definition) is 6. The van der Waals surface area contributed by atoms with Crippen molar-refractivity contribution in [1.82, 2.24) is 10.2 Å². The molecule has 2 aliphatic rings. The Labute approximate surface area is 161 Å². The lowest BCUT2D eigenvalue weighted by Crippen LogP contribution is -2.39. The fourth-order valence-corrected chi connectivity index (χ4v) is 4.27. The first kappa shape index (κ1) is 20.1. The van der Waals surface area contributed by atoms with Gasteiger partial charge in [-0.25, -0.2) is 0 Å². The largest absolute Gasteiger partial charge is 0.326 e. The lowest BCUT2D eigenvalue weighted by molar-refractivity contribution is -0.125. The molecule has 1 aromatic carbocycles. The number of hydrogen-bond donors (Lipinski definition) is 2. The Bertz CT molecular complexity index is 620. The fourth-order valence-electron chi connectivity index (χ4n) is 2.60. The van der Waals surface area contributed by atoms with E-state index in [4.69, 9.17) is 0 Å². The van der Waals surface area contributed by atoms with E-state index in [1.54, 1.807) is 12.1 Å². The van der Waals surface area contributed by atoms with Crippen LogP contribution in [0.5, 0.6) is 0 Å². The quantitative estimate of drug-likeness (QED) is 0.788. The van der Waals surface area contributed by atoms with Crippen molar-refractivity contribution in [2.24, 2.45) is 0 Å². The van der Waals surface area contributed by atoms with Gasteiger partial charge in [0.2, 0.25) is 11.8 Å². The first-order valence-electron chi connectivity index (χ1n) is 7.79. The van der Waals surface area contributed by atoms with E-state index in [1.165, 1.54) is 4.90 Å². The molecule has 136 valence electrons. The highest BCUT2D eigenvalue weighted by molar-refractivity contribution is 8.14. The van der Waals surface area contributed by atoms with Gasteiger partial charge < -0.3 is 10.6 Å². The van der Waals surface area contributed by atoms with Crippen molar-refractivity contribution in [1.29, 1.82) is 0 Å². The topological polar surface area (TPSA) is 78.5 Å². The fraction of sp³-hybridized carbons (Fsp3) is 0.438. The van der Waals surface area contributed by atoms with Crippen LogP contribution in [0.3, 0.4) is 0 Å². The van der Waals surface area contributed by atoms with Crippen LogP contribution in [0, 0.1) is 0 Å². The van der Waals surface area contributed by atoms with Gasteiger partial charge in [-0.3, -0.25) is 19.3 Å². The molecule has 0 bridgehead atoms. The van der Waals surface area contributed by atoms with Crippen molar-refractivity contribution >= 4 is 58.7 Å². The van der Waals surface area contributed by atoms with E-state index < -0.39 is 0 Å². The molecule has 0 aromatic heterocycles. The van der Waals surface area contributed by atoms with Crippen LogP contribution in [0.15, 0.2) is 24.3 Å². The zero-order valence-corrected chi connectivity index (χ0v) is 16.0. The van der Waals surface area contributed by atoms with Crippen molar-refractivity contribution in [3.05, 3.63) is 29.8 Å². The third kappa shape index (κ3) is 5.64. The number of rotatable bonds is 5. The maximum atomic E-state index is 12.1. The predicted octanol–water partition coefficient (Wildman–Crippen LogP) is 2.34. The predicted molar refractivity (Wildman–Crippen MR) is 104 cm³/mol. The van der Waals surface area contributed by atoms with E-state index in [-0.39, 0.29) is 47.8 Å². The zero-order valence-electron chi connectivity index (χ0n) is 13.5. The van der Waals surface area contributed by atoms with Crippen molar-refractivity contribution < 1.29 is 14.4 Å². The standard InChI is InChI=1S/C16H19N3O3S2.ClH/c20-14(7-13-9-23-6-5-17-13)18-12-3-1-11(2-4-12)8-19-15(21)10-24-16(19)22;/h1-4,13,17H,5-10H2,(H,18,20);1H. The van der Waals surface area contributed by atoms with E-state index in [0.29, 0.717) is 6.42 Å². The molecule has 0 aliphatic carbocycles. The Morgan fingerprint density at radius 1 is 1.28 bits per heavy atom. The molecule has 2 aliphatic heterocycles. The summed E-state index contributed by atoms with van der Waals surface area (Å²) in [4.78, 5) is 36.5. The normalized spacial score (nSPS) is 20.3. The van der Waals surface area contributed by atoms with Gasteiger partial charge in [-0.05, 0) is 17.7 Å². The number of carbonyl (C=O) groups excluding carboxylic acids is 3. The number of benzene rings is 1. The van der Waals surface area contributed by atoms with Gasteiger partial charge in [0.05, 0.1) is 12.3 Å². The minimum Gasteiger partial charge on any atom is -0.326 e. The minimum atomic E-state index is -0.199. The van der Waals surface area contributed by atoms with E-state index in [2.05, 4.69) is 10.6 Å². The lowest BCUT2D eigenvalue weighted by Gasteiger charge is -2.22. The Morgan fingerprint density at radius 2 is 2.04 bits per heavy atom. The number of carbonyl (C=O) groups is 3. The Balaban J connectivity index is 0.00000225. The monoisotopic (exact) mass is 401 g/mol. The summed E-state index contributed by atoms with van der Waals surface area (Å²) in [6, 6.07) is 7.48. The molecule has 2 heterocycles. The maximum absolute atomic E-state index is 12.1. The Hall–Kier alpha value is -1.22. The molecular weight excluding hydrogens is 382 g/mol. The van der Waals surface area contributed by atoms with Gasteiger partial charge in [0.15, 0.2) is 0 Å². The number of halogens is 1. The van der Waals surface area contributed by atoms with Crippen molar-refractivity contribution in [3.8, 4) is 0 Å². The molecule has 1 unspecified atom stereocenters. The summed E-state index contributed by atoms with van der Waals surface area (Å²) in [6.07, 6.45) is 0.461. The van der Waals surface area contributed by atoms with Gasteiger partial charge >= 0.3 is 0 Å². The van der Waals surface area contributed by atoms with E-state index in [9.17, 15) is 14.4 Å². The van der Waals surface area contributed by atoms with Gasteiger partial charge in [-0.1, -0.05) is 23.9 Å². The number of nitrogens with zero attached hydrogens (tertiary/aromatic N) is 1. The van der Waals surface area contributed by atoms with Crippen LogP contribution >= 0.6 is 35.9 Å². The summed E-state index contributed by atoms with van der Waals surface area (Å²) in [5, 5.41) is 6.03. The first-order chi connectivity index (χ1) is 11.6. The number of thioether (sulfide) groups is 2. The SMILES string of the molecule is Cl.O=C(CC1CSCCN1)Nc1ccc(CN2C(=O)CSC2=O)cc1. The van der Waals surface area contributed by atoms with Crippen LogP contribution in [-0.4, -0.2) is 51.8 Å². The molecule has 1 aromatic rings. The molecule has 1 atom stereocenters. The third-order valence-electron chi connectivity index (χ3n) is 3.85. The number of imide groups is 1. The van der Waals surface area contributed by atoms with Crippen LogP contribution in [0.4, 0.5) is 10.5 Å². The van der Waals surface area contributed by atoms with Gasteiger partial charge in [-0.15, -0.1) is 12.4 Å². The summed E-state index contributed by atoms with van der Waals surface area (Å²) < 4.78 is 0. The second-order valence-corrected chi connectivity index (χ2v) is 7.79. The third-order valence-corrected chi connectivity index (χ3v) is 5.84. The molecule has 0 spiro atoms. The van der Waals surface area contributed by atoms with Crippen LogP contribution < -0.4 is 10.6 Å². The second kappa shape index (κ2) is 9.47. The molecule has 9 heteroatoms. The molecule has 0 saturated carbocycles. The summed E-state index contributed by atoms with van der Waals surface area (Å²) in [5.74, 6) is 2.12. The smallest absolute Gasteiger partial charge is 0.289 e. The Morgan fingerprint density at radius 3 is 2.64 bits per heavy atom.